The van der Waals surface area contributed by atoms with Crippen molar-refractivity contribution >= 4 is 0 Å². The van der Waals surface area contributed by atoms with Gasteiger partial charge in [-0.2, -0.15) is 0 Å². The van der Waals surface area contributed by atoms with E-state index in [1.54, 1.807) is 0 Å². The Kier molecular flexibility index (Phi) is 11.7. The van der Waals surface area contributed by atoms with Crippen molar-refractivity contribution in [3.8, 4) is 0 Å². The second-order valence-corrected chi connectivity index (χ2v) is 5.70. The zero-order valence-corrected chi connectivity index (χ0v) is 13.3. The lowest BCUT2D eigenvalue weighted by Crippen LogP contribution is -1.83. The van der Waals surface area contributed by atoms with Gasteiger partial charge in [0.15, 0.2) is 0 Å². The van der Waals surface area contributed by atoms with Crippen LogP contribution in [0.5, 0.6) is 0 Å². The molecule has 0 amide bonds. The molecule has 0 radical (unpaired) electrons. The van der Waals surface area contributed by atoms with Crippen LogP contribution in [0.3, 0.4) is 0 Å². The largest absolute Gasteiger partial charge is 0.392 e. The Balaban J connectivity index is 3.60. The van der Waals surface area contributed by atoms with Gasteiger partial charge in [-0.1, -0.05) is 41.4 Å². The van der Waals surface area contributed by atoms with E-state index < -0.39 is 0 Å². The first-order valence-corrected chi connectivity index (χ1v) is 7.61. The SMILES string of the molecule is CC(C)=CCCCCC/C(C)=C/CC/C(C)=C/CO. The molecule has 19 heavy (non-hydrogen) atoms. The van der Waals surface area contributed by atoms with E-state index in [1.165, 1.54) is 48.8 Å². The third-order valence-corrected chi connectivity index (χ3v) is 3.30. The maximum Gasteiger partial charge on any atom is 0.0614 e. The lowest BCUT2D eigenvalue weighted by atomic mass is 10.0. The number of aliphatic hydroxyl groups excluding tert-OH is 1. The number of aliphatic hydroxyl groups is 1. The average Bonchev–Trinajstić information content (AvgIpc) is 2.33. The topological polar surface area (TPSA) is 20.2 Å². The molecule has 0 heterocycles. The van der Waals surface area contributed by atoms with Gasteiger partial charge in [0.1, 0.15) is 0 Å². The van der Waals surface area contributed by atoms with Crippen molar-refractivity contribution in [3.05, 3.63) is 34.9 Å². The molecule has 0 unspecified atom stereocenters. The van der Waals surface area contributed by atoms with E-state index in [0.29, 0.717) is 0 Å². The summed E-state index contributed by atoms with van der Waals surface area (Å²) >= 11 is 0. The van der Waals surface area contributed by atoms with Crippen LogP contribution in [0.2, 0.25) is 0 Å². The molecule has 0 spiro atoms. The standard InChI is InChI=1S/C18H32O/c1-16(2)10-7-5-6-8-11-17(3)12-9-13-18(4)14-15-19/h10,12,14,19H,5-9,11,13,15H2,1-4H3/b17-12+,18-14+. The summed E-state index contributed by atoms with van der Waals surface area (Å²) in [6.45, 7) is 8.82. The zero-order valence-electron chi connectivity index (χ0n) is 13.3. The van der Waals surface area contributed by atoms with Gasteiger partial charge in [0.25, 0.3) is 0 Å². The fourth-order valence-corrected chi connectivity index (χ4v) is 2.02. The maximum atomic E-state index is 8.77. The minimum Gasteiger partial charge on any atom is -0.392 e. The first-order valence-electron chi connectivity index (χ1n) is 7.61. The normalized spacial score (nSPS) is 12.7. The second kappa shape index (κ2) is 12.2. The van der Waals surface area contributed by atoms with Crippen LogP contribution in [0, 0.1) is 0 Å². The molecule has 0 fully saturated rings. The quantitative estimate of drug-likeness (QED) is 0.404. The molecule has 1 heteroatoms. The minimum absolute atomic E-state index is 0.167. The molecule has 0 aromatic heterocycles. The fraction of sp³-hybridized carbons (Fsp3) is 0.667. The van der Waals surface area contributed by atoms with Gasteiger partial charge in [-0.3, -0.25) is 0 Å². The Labute approximate surface area is 120 Å². The lowest BCUT2D eigenvalue weighted by molar-refractivity contribution is 0.341. The van der Waals surface area contributed by atoms with Crippen LogP contribution in [-0.4, -0.2) is 11.7 Å². The van der Waals surface area contributed by atoms with Crippen molar-refractivity contribution in [2.45, 2.75) is 72.6 Å². The molecule has 0 aliphatic heterocycles. The van der Waals surface area contributed by atoms with Crippen LogP contribution in [0.15, 0.2) is 34.9 Å². The van der Waals surface area contributed by atoms with Crippen LogP contribution < -0.4 is 0 Å². The molecule has 0 aliphatic carbocycles. The van der Waals surface area contributed by atoms with Crippen molar-refractivity contribution in [1.29, 1.82) is 0 Å². The number of hydrogen-bond acceptors (Lipinski definition) is 1. The molecule has 0 aromatic carbocycles. The number of allylic oxidation sites excluding steroid dienone is 5. The highest BCUT2D eigenvalue weighted by molar-refractivity contribution is 5.03. The maximum absolute atomic E-state index is 8.77. The molecular formula is C18H32O. The molecule has 0 atom stereocenters. The Morgan fingerprint density at radius 3 is 2.05 bits per heavy atom. The number of unbranched alkanes of at least 4 members (excludes halogenated alkanes) is 3. The third kappa shape index (κ3) is 13.4. The van der Waals surface area contributed by atoms with Crippen LogP contribution >= 0.6 is 0 Å². The second-order valence-electron chi connectivity index (χ2n) is 5.70. The van der Waals surface area contributed by atoms with E-state index in [-0.39, 0.29) is 6.61 Å². The van der Waals surface area contributed by atoms with Gasteiger partial charge < -0.3 is 5.11 Å². The van der Waals surface area contributed by atoms with Crippen molar-refractivity contribution in [1.82, 2.24) is 0 Å². The summed E-state index contributed by atoms with van der Waals surface area (Å²) in [5.74, 6) is 0. The minimum atomic E-state index is 0.167. The molecule has 0 saturated carbocycles. The summed E-state index contributed by atoms with van der Waals surface area (Å²) < 4.78 is 0. The Morgan fingerprint density at radius 2 is 1.42 bits per heavy atom. The van der Waals surface area contributed by atoms with Crippen LogP contribution in [0.4, 0.5) is 0 Å². The van der Waals surface area contributed by atoms with Crippen molar-refractivity contribution in [2.75, 3.05) is 6.61 Å². The molecule has 1 N–H and O–H groups in total. The van der Waals surface area contributed by atoms with E-state index in [4.69, 9.17) is 5.11 Å². The van der Waals surface area contributed by atoms with Crippen molar-refractivity contribution in [2.24, 2.45) is 0 Å². The highest BCUT2D eigenvalue weighted by atomic mass is 16.2. The summed E-state index contributed by atoms with van der Waals surface area (Å²) in [7, 11) is 0. The molecule has 0 bridgehead atoms. The van der Waals surface area contributed by atoms with E-state index in [2.05, 4.69) is 39.8 Å². The van der Waals surface area contributed by atoms with E-state index in [1.807, 2.05) is 6.08 Å². The molecule has 0 aliphatic rings. The van der Waals surface area contributed by atoms with Crippen molar-refractivity contribution < 1.29 is 5.11 Å². The molecule has 110 valence electrons. The summed E-state index contributed by atoms with van der Waals surface area (Å²) in [4.78, 5) is 0. The average molecular weight is 264 g/mol. The van der Waals surface area contributed by atoms with Gasteiger partial charge >= 0.3 is 0 Å². The molecular weight excluding hydrogens is 232 g/mol. The third-order valence-electron chi connectivity index (χ3n) is 3.30. The summed E-state index contributed by atoms with van der Waals surface area (Å²) in [6, 6.07) is 0. The molecule has 0 saturated heterocycles. The number of rotatable bonds is 10. The van der Waals surface area contributed by atoms with E-state index in [9.17, 15) is 0 Å². The van der Waals surface area contributed by atoms with Crippen LogP contribution in [0.1, 0.15) is 72.6 Å². The van der Waals surface area contributed by atoms with E-state index >= 15 is 0 Å². The van der Waals surface area contributed by atoms with Crippen LogP contribution in [-0.2, 0) is 0 Å². The van der Waals surface area contributed by atoms with Gasteiger partial charge in [0, 0.05) is 0 Å². The Morgan fingerprint density at radius 1 is 0.737 bits per heavy atom. The lowest BCUT2D eigenvalue weighted by Gasteiger charge is -2.02. The summed E-state index contributed by atoms with van der Waals surface area (Å²) in [6.07, 6.45) is 15.2. The van der Waals surface area contributed by atoms with Gasteiger partial charge in [0.2, 0.25) is 0 Å². The first-order chi connectivity index (χ1) is 9.06. The van der Waals surface area contributed by atoms with Gasteiger partial charge in [-0.15, -0.1) is 0 Å². The van der Waals surface area contributed by atoms with Crippen molar-refractivity contribution in [3.63, 3.8) is 0 Å². The summed E-state index contributed by atoms with van der Waals surface area (Å²) in [5, 5.41) is 8.77. The Bertz CT molecular complexity index is 304. The fourth-order valence-electron chi connectivity index (χ4n) is 2.02. The Hall–Kier alpha value is -0.820. The molecule has 0 rings (SSSR count). The number of hydrogen-bond donors (Lipinski definition) is 1. The van der Waals surface area contributed by atoms with Gasteiger partial charge in [0.05, 0.1) is 6.61 Å². The smallest absolute Gasteiger partial charge is 0.0614 e. The highest BCUT2D eigenvalue weighted by Gasteiger charge is 1.93. The van der Waals surface area contributed by atoms with Gasteiger partial charge in [-0.05, 0) is 66.2 Å². The van der Waals surface area contributed by atoms with E-state index in [0.717, 1.165) is 12.8 Å². The molecule has 1 nitrogen and oxygen atoms in total. The molecule has 0 aromatic rings. The van der Waals surface area contributed by atoms with Crippen LogP contribution in [0.25, 0.3) is 0 Å². The monoisotopic (exact) mass is 264 g/mol. The zero-order chi connectivity index (χ0) is 14.5. The van der Waals surface area contributed by atoms with Gasteiger partial charge in [-0.25, -0.2) is 0 Å². The summed E-state index contributed by atoms with van der Waals surface area (Å²) in [5.41, 5.74) is 4.23. The predicted molar refractivity (Wildman–Crippen MR) is 86.3 cm³/mol. The predicted octanol–water partition coefficient (Wildman–Crippen LogP) is 5.57. The first kappa shape index (κ1) is 18.2. The highest BCUT2D eigenvalue weighted by Crippen LogP contribution is 2.13.